The first-order valence-corrected chi connectivity index (χ1v) is 13.3. The molecule has 200 valence electrons. The molecule has 9 nitrogen and oxygen atoms in total. The van der Waals surface area contributed by atoms with Crippen LogP contribution in [0.3, 0.4) is 0 Å². The van der Waals surface area contributed by atoms with E-state index < -0.39 is 0 Å². The van der Waals surface area contributed by atoms with Crippen LogP contribution >= 0.6 is 0 Å². The standard InChI is InChI=1S/C27H30N6O3.C2H6/c1-5-7-20-23-18(11-16-10-17-19(30-16)8-6-9-22(17)34)26(35)33(25(23)32-27(28)31-20)13-21-15(3)24(36-4)14(2)12-29-21;1-2/h10-12,30H,5-9,13H2,1-4H3,(H2,28,31,32);1-2H3/b18-11-;. The SMILES string of the molecule is CC.CCCc1nc(N)nc2c1/C(=C/c1cc3c([nH]1)CCCC3=O)C(=O)N2Cc1ncc(C)c(OC)c1C. The number of hydrogen-bond acceptors (Lipinski definition) is 7. The summed E-state index contributed by atoms with van der Waals surface area (Å²) in [6.07, 6.45) is 7.25. The van der Waals surface area contributed by atoms with Gasteiger partial charge in [-0.3, -0.25) is 19.5 Å². The van der Waals surface area contributed by atoms with Crippen LogP contribution in [0.25, 0.3) is 11.6 Å². The van der Waals surface area contributed by atoms with Crippen LogP contribution in [0.5, 0.6) is 5.75 Å². The van der Waals surface area contributed by atoms with E-state index in [1.165, 1.54) is 0 Å². The highest BCUT2D eigenvalue weighted by Crippen LogP contribution is 2.40. The van der Waals surface area contributed by atoms with Crippen LogP contribution in [0.4, 0.5) is 11.8 Å². The Morgan fingerprint density at radius 3 is 2.61 bits per heavy atom. The lowest BCUT2D eigenvalue weighted by Crippen LogP contribution is -2.27. The molecule has 1 amide bonds. The molecule has 5 rings (SSSR count). The molecule has 0 saturated carbocycles. The first kappa shape index (κ1) is 27.0. The van der Waals surface area contributed by atoms with Crippen LogP contribution < -0.4 is 15.4 Å². The maximum atomic E-state index is 13.9. The third-order valence-corrected chi connectivity index (χ3v) is 6.88. The van der Waals surface area contributed by atoms with E-state index in [0.717, 1.165) is 53.2 Å². The number of fused-ring (bicyclic) bond motifs is 2. The number of ether oxygens (including phenoxy) is 1. The van der Waals surface area contributed by atoms with Gasteiger partial charge in [-0.2, -0.15) is 4.98 Å². The summed E-state index contributed by atoms with van der Waals surface area (Å²) in [6, 6.07) is 1.84. The van der Waals surface area contributed by atoms with Gasteiger partial charge in [-0.05, 0) is 45.3 Å². The molecule has 0 saturated heterocycles. The number of pyridine rings is 1. The molecule has 4 heterocycles. The van der Waals surface area contributed by atoms with Crippen molar-refractivity contribution in [3.05, 3.63) is 57.3 Å². The van der Waals surface area contributed by atoms with Crippen molar-refractivity contribution < 1.29 is 14.3 Å². The highest BCUT2D eigenvalue weighted by Gasteiger charge is 2.37. The van der Waals surface area contributed by atoms with E-state index in [1.54, 1.807) is 18.2 Å². The van der Waals surface area contributed by atoms with Gasteiger partial charge in [0.25, 0.3) is 5.91 Å². The van der Waals surface area contributed by atoms with E-state index in [4.69, 9.17) is 10.5 Å². The zero-order valence-electron chi connectivity index (χ0n) is 23.1. The predicted octanol–water partition coefficient (Wildman–Crippen LogP) is 4.99. The van der Waals surface area contributed by atoms with Crippen LogP contribution in [0.15, 0.2) is 12.3 Å². The lowest BCUT2D eigenvalue weighted by atomic mass is 9.97. The quantitative estimate of drug-likeness (QED) is 0.442. The lowest BCUT2D eigenvalue weighted by Gasteiger charge is -2.19. The number of ketones is 1. The molecule has 0 atom stereocenters. The van der Waals surface area contributed by atoms with Gasteiger partial charge in [0.05, 0.1) is 36.2 Å². The normalized spacial score (nSPS) is 15.3. The van der Waals surface area contributed by atoms with E-state index >= 15 is 0 Å². The van der Waals surface area contributed by atoms with Crippen molar-refractivity contribution in [1.29, 1.82) is 0 Å². The molecule has 0 bridgehead atoms. The van der Waals surface area contributed by atoms with Gasteiger partial charge in [0.15, 0.2) is 5.78 Å². The summed E-state index contributed by atoms with van der Waals surface area (Å²) in [7, 11) is 1.63. The van der Waals surface area contributed by atoms with Gasteiger partial charge in [0.2, 0.25) is 5.95 Å². The number of nitrogens with two attached hydrogens (primary N) is 1. The molecule has 1 aliphatic heterocycles. The number of nitrogens with one attached hydrogen (secondary N) is 1. The van der Waals surface area contributed by atoms with Crippen LogP contribution in [0, 0.1) is 13.8 Å². The van der Waals surface area contributed by atoms with Crippen LogP contribution in [0.1, 0.15) is 89.9 Å². The van der Waals surface area contributed by atoms with Gasteiger partial charge >= 0.3 is 0 Å². The highest BCUT2D eigenvalue weighted by molar-refractivity contribution is 6.35. The summed E-state index contributed by atoms with van der Waals surface area (Å²) in [5.41, 5.74) is 12.9. The van der Waals surface area contributed by atoms with Crippen LogP contribution in [-0.2, 0) is 24.2 Å². The summed E-state index contributed by atoms with van der Waals surface area (Å²) in [5, 5.41) is 0. The van der Waals surface area contributed by atoms with Crippen LogP contribution in [-0.4, -0.2) is 38.7 Å². The molecular weight excluding hydrogens is 480 g/mol. The average Bonchev–Trinajstić information content (AvgIpc) is 3.43. The van der Waals surface area contributed by atoms with Crippen molar-refractivity contribution in [3.8, 4) is 5.75 Å². The Labute approximate surface area is 223 Å². The largest absolute Gasteiger partial charge is 0.496 e. The fourth-order valence-corrected chi connectivity index (χ4v) is 5.17. The molecule has 38 heavy (non-hydrogen) atoms. The van der Waals surface area contributed by atoms with E-state index in [1.807, 2.05) is 39.8 Å². The molecule has 0 spiro atoms. The Bertz CT molecular complexity index is 1420. The van der Waals surface area contributed by atoms with Gasteiger partial charge < -0.3 is 15.5 Å². The Kier molecular flexibility index (Phi) is 7.94. The average molecular weight is 517 g/mol. The Morgan fingerprint density at radius 2 is 1.92 bits per heavy atom. The molecule has 0 radical (unpaired) electrons. The van der Waals surface area contributed by atoms with Crippen molar-refractivity contribution >= 4 is 35.1 Å². The van der Waals surface area contributed by atoms with Gasteiger partial charge in [0, 0.05) is 40.7 Å². The van der Waals surface area contributed by atoms with Crippen molar-refractivity contribution in [2.45, 2.75) is 73.3 Å². The molecule has 9 heteroatoms. The van der Waals surface area contributed by atoms with Gasteiger partial charge in [-0.1, -0.05) is 27.2 Å². The minimum absolute atomic E-state index is 0.128. The summed E-state index contributed by atoms with van der Waals surface area (Å²) in [5.74, 6) is 1.29. The van der Waals surface area contributed by atoms with Gasteiger partial charge in [-0.25, -0.2) is 4.98 Å². The number of rotatable bonds is 6. The van der Waals surface area contributed by atoms with E-state index in [0.29, 0.717) is 41.1 Å². The van der Waals surface area contributed by atoms with Crippen molar-refractivity contribution in [2.24, 2.45) is 0 Å². The van der Waals surface area contributed by atoms with Gasteiger partial charge in [-0.15, -0.1) is 0 Å². The Morgan fingerprint density at radius 1 is 1.16 bits per heavy atom. The molecule has 1 aliphatic carbocycles. The highest BCUT2D eigenvalue weighted by atomic mass is 16.5. The fourth-order valence-electron chi connectivity index (χ4n) is 5.17. The van der Waals surface area contributed by atoms with Crippen molar-refractivity contribution in [2.75, 3.05) is 17.7 Å². The number of Topliss-reactive ketones (excluding diaryl/α,β-unsaturated/α-hetero) is 1. The number of aryl methyl sites for hydroxylation is 3. The number of aromatic amines is 1. The number of methoxy groups -OCH3 is 1. The lowest BCUT2D eigenvalue weighted by molar-refractivity contribution is -0.113. The summed E-state index contributed by atoms with van der Waals surface area (Å²) in [4.78, 5) is 44.8. The first-order valence-electron chi connectivity index (χ1n) is 13.3. The molecule has 0 unspecified atom stereocenters. The third kappa shape index (κ3) is 4.80. The predicted molar refractivity (Wildman–Crippen MR) is 149 cm³/mol. The zero-order valence-corrected chi connectivity index (χ0v) is 23.1. The Balaban J connectivity index is 0.00000164. The minimum atomic E-state index is -0.207. The minimum Gasteiger partial charge on any atom is -0.496 e. The summed E-state index contributed by atoms with van der Waals surface area (Å²) in [6.45, 7) is 10.1. The number of anilines is 2. The number of carbonyl (C=O) groups excluding carboxylic acids is 2. The number of amides is 1. The number of aromatic nitrogens is 4. The second kappa shape index (κ2) is 11.2. The third-order valence-electron chi connectivity index (χ3n) is 6.88. The first-order chi connectivity index (χ1) is 18.3. The zero-order chi connectivity index (χ0) is 27.6. The second-order valence-corrected chi connectivity index (χ2v) is 9.37. The molecule has 3 aromatic rings. The number of H-pyrrole nitrogens is 1. The number of carbonyl (C=O) groups is 2. The molecule has 0 aromatic carbocycles. The van der Waals surface area contributed by atoms with E-state index in [9.17, 15) is 9.59 Å². The number of nitrogen functional groups attached to an aromatic ring is 1. The Hall–Kier alpha value is -4.01. The monoisotopic (exact) mass is 516 g/mol. The fraction of sp³-hybridized carbons (Fsp3) is 0.414. The van der Waals surface area contributed by atoms with E-state index in [2.05, 4.69) is 26.9 Å². The molecular formula is C29H36N6O3. The second-order valence-electron chi connectivity index (χ2n) is 9.37. The maximum absolute atomic E-state index is 13.9. The molecule has 3 N–H and O–H groups in total. The topological polar surface area (TPSA) is 127 Å². The number of hydrogen-bond donors (Lipinski definition) is 2. The van der Waals surface area contributed by atoms with Crippen LogP contribution in [0.2, 0.25) is 0 Å². The molecule has 2 aliphatic rings. The van der Waals surface area contributed by atoms with E-state index in [-0.39, 0.29) is 24.2 Å². The van der Waals surface area contributed by atoms with Gasteiger partial charge in [0.1, 0.15) is 11.6 Å². The summed E-state index contributed by atoms with van der Waals surface area (Å²) < 4.78 is 5.56. The van der Waals surface area contributed by atoms with Crippen molar-refractivity contribution in [1.82, 2.24) is 19.9 Å². The molecule has 0 fully saturated rings. The smallest absolute Gasteiger partial charge is 0.260 e. The molecule has 3 aromatic heterocycles. The summed E-state index contributed by atoms with van der Waals surface area (Å²) >= 11 is 0. The van der Waals surface area contributed by atoms with Crippen molar-refractivity contribution in [3.63, 3.8) is 0 Å². The number of nitrogens with zero attached hydrogens (tertiary/aromatic N) is 4. The maximum Gasteiger partial charge on any atom is 0.260 e.